The number of fused-ring (bicyclic) bond motifs is 1. The van der Waals surface area contributed by atoms with Crippen LogP contribution in [-0.4, -0.2) is 74.9 Å². The van der Waals surface area contributed by atoms with Crippen LogP contribution in [0.1, 0.15) is 19.4 Å². The number of piperazine rings is 1. The maximum atomic E-state index is 5.44. The van der Waals surface area contributed by atoms with Gasteiger partial charge in [0.25, 0.3) is 0 Å². The lowest BCUT2D eigenvalue weighted by Crippen LogP contribution is -2.52. The first-order valence-corrected chi connectivity index (χ1v) is 9.49. The Morgan fingerprint density at radius 3 is 2.69 bits per heavy atom. The summed E-state index contributed by atoms with van der Waals surface area (Å²) in [5.74, 6) is 2.47. The smallest absolute Gasteiger partial charge is 0.231 e. The summed E-state index contributed by atoms with van der Waals surface area (Å²) in [6.07, 6.45) is 0. The summed E-state index contributed by atoms with van der Waals surface area (Å²) in [7, 11) is 2.19. The first kappa shape index (κ1) is 18.8. The molecule has 7 nitrogen and oxygen atoms in total. The molecule has 1 unspecified atom stereocenters. The molecule has 0 aliphatic carbocycles. The molecule has 26 heavy (non-hydrogen) atoms. The minimum Gasteiger partial charge on any atom is -0.454 e. The molecule has 0 radical (unpaired) electrons. The number of nitrogens with one attached hydrogen (secondary N) is 2. The summed E-state index contributed by atoms with van der Waals surface area (Å²) >= 11 is 0. The quantitative estimate of drug-likeness (QED) is 0.585. The number of ether oxygens (including phenoxy) is 2. The summed E-state index contributed by atoms with van der Waals surface area (Å²) in [6, 6.07) is 6.47. The third-order valence-electron chi connectivity index (χ3n) is 4.93. The molecule has 0 spiro atoms. The van der Waals surface area contributed by atoms with Crippen molar-refractivity contribution in [2.45, 2.75) is 26.4 Å². The van der Waals surface area contributed by atoms with Gasteiger partial charge in [-0.05, 0) is 38.6 Å². The standard InChI is InChI=1S/C19H31N5O2/c1-4-20-19(21-12-15(2)24-9-7-23(3)8-10-24)22-13-16-5-6-17-18(11-16)26-14-25-17/h5-6,11,15H,4,7-10,12-14H2,1-3H3,(H2,20,21,22). The Bertz CT molecular complexity index is 614. The van der Waals surface area contributed by atoms with Crippen LogP contribution in [0.25, 0.3) is 0 Å². The molecule has 3 rings (SSSR count). The van der Waals surface area contributed by atoms with Crippen LogP contribution in [-0.2, 0) is 6.54 Å². The number of rotatable bonds is 6. The van der Waals surface area contributed by atoms with Gasteiger partial charge in [-0.25, -0.2) is 4.99 Å². The van der Waals surface area contributed by atoms with Crippen molar-refractivity contribution in [3.63, 3.8) is 0 Å². The van der Waals surface area contributed by atoms with Gasteiger partial charge in [0, 0.05) is 45.3 Å². The van der Waals surface area contributed by atoms with E-state index in [2.05, 4.69) is 41.3 Å². The summed E-state index contributed by atoms with van der Waals surface area (Å²) in [5.41, 5.74) is 1.11. The summed E-state index contributed by atoms with van der Waals surface area (Å²) in [6.45, 7) is 11.5. The monoisotopic (exact) mass is 361 g/mol. The largest absolute Gasteiger partial charge is 0.454 e. The Kier molecular flexibility index (Phi) is 6.57. The van der Waals surface area contributed by atoms with Gasteiger partial charge in [0.1, 0.15) is 0 Å². The van der Waals surface area contributed by atoms with E-state index in [0.717, 1.165) is 62.3 Å². The predicted octanol–water partition coefficient (Wildman–Crippen LogP) is 1.11. The van der Waals surface area contributed by atoms with E-state index >= 15 is 0 Å². The van der Waals surface area contributed by atoms with E-state index in [4.69, 9.17) is 14.5 Å². The fourth-order valence-corrected chi connectivity index (χ4v) is 3.19. The van der Waals surface area contributed by atoms with E-state index in [0.29, 0.717) is 19.4 Å². The average Bonchev–Trinajstić information content (AvgIpc) is 3.12. The van der Waals surface area contributed by atoms with Crippen molar-refractivity contribution in [3.05, 3.63) is 23.8 Å². The number of hydrogen-bond donors (Lipinski definition) is 2. The molecule has 2 N–H and O–H groups in total. The van der Waals surface area contributed by atoms with Crippen LogP contribution in [0.3, 0.4) is 0 Å². The molecular weight excluding hydrogens is 330 g/mol. The highest BCUT2D eigenvalue weighted by Crippen LogP contribution is 2.32. The van der Waals surface area contributed by atoms with E-state index in [-0.39, 0.29) is 0 Å². The van der Waals surface area contributed by atoms with Crippen LogP contribution >= 0.6 is 0 Å². The average molecular weight is 361 g/mol. The third-order valence-corrected chi connectivity index (χ3v) is 4.93. The molecule has 1 saturated heterocycles. The first-order chi connectivity index (χ1) is 12.7. The molecule has 1 aromatic carbocycles. The molecule has 2 heterocycles. The maximum absolute atomic E-state index is 5.44. The van der Waals surface area contributed by atoms with Gasteiger partial charge in [0.2, 0.25) is 6.79 Å². The van der Waals surface area contributed by atoms with Gasteiger partial charge >= 0.3 is 0 Å². The fraction of sp³-hybridized carbons (Fsp3) is 0.632. The summed E-state index contributed by atoms with van der Waals surface area (Å²) in [5, 5.41) is 6.81. The highest BCUT2D eigenvalue weighted by atomic mass is 16.7. The first-order valence-electron chi connectivity index (χ1n) is 9.49. The highest BCUT2D eigenvalue weighted by molar-refractivity contribution is 5.79. The van der Waals surface area contributed by atoms with E-state index in [1.165, 1.54) is 0 Å². The van der Waals surface area contributed by atoms with Crippen molar-refractivity contribution < 1.29 is 9.47 Å². The van der Waals surface area contributed by atoms with Crippen LogP contribution in [0.4, 0.5) is 0 Å². The van der Waals surface area contributed by atoms with Crippen molar-refractivity contribution in [2.24, 2.45) is 4.99 Å². The predicted molar refractivity (Wildman–Crippen MR) is 104 cm³/mol. The fourth-order valence-electron chi connectivity index (χ4n) is 3.19. The van der Waals surface area contributed by atoms with E-state index in [1.54, 1.807) is 0 Å². The third kappa shape index (κ3) is 5.02. The van der Waals surface area contributed by atoms with Gasteiger partial charge in [-0.3, -0.25) is 4.90 Å². The lowest BCUT2D eigenvalue weighted by atomic mass is 10.2. The number of aliphatic imine (C=N–C) groups is 1. The summed E-state index contributed by atoms with van der Waals surface area (Å²) in [4.78, 5) is 9.63. The van der Waals surface area contributed by atoms with E-state index < -0.39 is 0 Å². The SMILES string of the molecule is CCNC(=NCc1ccc2c(c1)OCO2)NCC(C)N1CCN(C)CC1. The molecule has 7 heteroatoms. The van der Waals surface area contributed by atoms with Crippen molar-refractivity contribution >= 4 is 5.96 Å². The molecule has 0 bridgehead atoms. The van der Waals surface area contributed by atoms with Gasteiger partial charge in [-0.1, -0.05) is 6.07 Å². The van der Waals surface area contributed by atoms with Crippen molar-refractivity contribution in [3.8, 4) is 11.5 Å². The molecule has 0 amide bonds. The van der Waals surface area contributed by atoms with Gasteiger partial charge < -0.3 is 25.0 Å². The van der Waals surface area contributed by atoms with Crippen LogP contribution in [0.5, 0.6) is 11.5 Å². The molecule has 144 valence electrons. The second kappa shape index (κ2) is 9.09. The van der Waals surface area contributed by atoms with Gasteiger partial charge in [0.15, 0.2) is 17.5 Å². The number of guanidine groups is 1. The normalized spacial score (nSPS) is 19.4. The van der Waals surface area contributed by atoms with Crippen LogP contribution in [0.2, 0.25) is 0 Å². The lowest BCUT2D eigenvalue weighted by molar-refractivity contribution is 0.120. The summed E-state index contributed by atoms with van der Waals surface area (Å²) < 4.78 is 10.8. The van der Waals surface area contributed by atoms with Crippen LogP contribution in [0.15, 0.2) is 23.2 Å². The Morgan fingerprint density at radius 1 is 1.15 bits per heavy atom. The zero-order valence-corrected chi connectivity index (χ0v) is 16.1. The Morgan fingerprint density at radius 2 is 1.92 bits per heavy atom. The molecule has 0 aromatic heterocycles. The Labute approximate surface area is 156 Å². The zero-order valence-electron chi connectivity index (χ0n) is 16.1. The zero-order chi connectivity index (χ0) is 18.4. The number of benzene rings is 1. The number of hydrogen-bond acceptors (Lipinski definition) is 5. The molecular formula is C19H31N5O2. The van der Waals surface area contributed by atoms with Crippen molar-refractivity contribution in [1.29, 1.82) is 0 Å². The Balaban J connectivity index is 1.52. The van der Waals surface area contributed by atoms with Gasteiger partial charge in [-0.15, -0.1) is 0 Å². The second-order valence-electron chi connectivity index (χ2n) is 6.95. The van der Waals surface area contributed by atoms with Crippen molar-refractivity contribution in [2.75, 3.05) is 53.1 Å². The van der Waals surface area contributed by atoms with E-state index in [9.17, 15) is 0 Å². The maximum Gasteiger partial charge on any atom is 0.231 e. The molecule has 1 aromatic rings. The van der Waals surface area contributed by atoms with Crippen LogP contribution < -0.4 is 20.1 Å². The van der Waals surface area contributed by atoms with Gasteiger partial charge in [-0.2, -0.15) is 0 Å². The molecule has 2 aliphatic rings. The minimum absolute atomic E-state index is 0.302. The number of likely N-dealkylation sites (N-methyl/N-ethyl adjacent to an activating group) is 1. The highest BCUT2D eigenvalue weighted by Gasteiger charge is 2.19. The van der Waals surface area contributed by atoms with Gasteiger partial charge in [0.05, 0.1) is 6.54 Å². The van der Waals surface area contributed by atoms with Crippen LogP contribution in [0, 0.1) is 0 Å². The molecule has 1 atom stereocenters. The van der Waals surface area contributed by atoms with Crippen molar-refractivity contribution in [1.82, 2.24) is 20.4 Å². The minimum atomic E-state index is 0.302. The molecule has 2 aliphatic heterocycles. The number of nitrogens with zero attached hydrogens (tertiary/aromatic N) is 3. The molecule has 1 fully saturated rings. The topological polar surface area (TPSA) is 61.4 Å². The van der Waals surface area contributed by atoms with E-state index in [1.807, 2.05) is 18.2 Å². The lowest BCUT2D eigenvalue weighted by Gasteiger charge is -2.36. The second-order valence-corrected chi connectivity index (χ2v) is 6.95. The molecule has 0 saturated carbocycles. The Hall–Kier alpha value is -1.99.